The van der Waals surface area contributed by atoms with E-state index in [0.29, 0.717) is 49.7 Å². The normalized spacial score (nSPS) is 19.8. The van der Waals surface area contributed by atoms with Gasteiger partial charge in [-0.05, 0) is 6.92 Å². The van der Waals surface area contributed by atoms with E-state index < -0.39 is 23.5 Å². The van der Waals surface area contributed by atoms with Crippen molar-refractivity contribution in [3.8, 4) is 0 Å². The number of anilines is 1. The number of hydrogen-bond donors (Lipinski definition) is 1. The van der Waals surface area contributed by atoms with Gasteiger partial charge in [0.25, 0.3) is 0 Å². The largest absolute Gasteiger partial charge is 0.380 e. The number of benzene rings is 1. The molecule has 0 radical (unpaired) electrons. The Kier molecular flexibility index (Phi) is 5.05. The van der Waals surface area contributed by atoms with Crippen LogP contribution in [-0.2, 0) is 17.8 Å². The van der Waals surface area contributed by atoms with Crippen molar-refractivity contribution < 1.29 is 27.5 Å². The number of rotatable bonds is 4. The highest BCUT2D eigenvalue weighted by molar-refractivity contribution is 5.96. The minimum absolute atomic E-state index is 0.105. The van der Waals surface area contributed by atoms with Crippen LogP contribution in [0.1, 0.15) is 36.5 Å². The molecule has 1 saturated heterocycles. The van der Waals surface area contributed by atoms with Gasteiger partial charge in [-0.25, -0.2) is 22.9 Å². The average molecular weight is 422 g/mol. The van der Waals surface area contributed by atoms with Gasteiger partial charge in [-0.3, -0.25) is 4.79 Å². The summed E-state index contributed by atoms with van der Waals surface area (Å²) in [5, 5.41) is 2.39. The van der Waals surface area contributed by atoms with E-state index >= 15 is 0 Å². The van der Waals surface area contributed by atoms with Crippen LogP contribution in [0.5, 0.6) is 0 Å². The summed E-state index contributed by atoms with van der Waals surface area (Å²) in [6, 6.07) is 0.553. The van der Waals surface area contributed by atoms with Crippen LogP contribution in [0.15, 0.2) is 18.5 Å². The molecule has 3 heterocycles. The molecule has 0 aliphatic carbocycles. The fourth-order valence-corrected chi connectivity index (χ4v) is 3.78. The molecule has 160 valence electrons. The SMILES string of the molecule is C[C@@H]1Cn2cnc(C(=O)CC3(C)COC3)c2CN1C(=O)Nc1cc(F)c(F)c(F)c1. The molecular formula is C20H21F3N4O3. The van der Waals surface area contributed by atoms with E-state index in [4.69, 9.17) is 4.74 Å². The fourth-order valence-electron chi connectivity index (χ4n) is 3.78. The zero-order valence-corrected chi connectivity index (χ0v) is 16.5. The first kappa shape index (κ1) is 20.4. The predicted octanol–water partition coefficient (Wildman–Crippen LogP) is 3.35. The van der Waals surface area contributed by atoms with Gasteiger partial charge in [0.1, 0.15) is 5.69 Å². The van der Waals surface area contributed by atoms with E-state index in [1.807, 2.05) is 18.4 Å². The summed E-state index contributed by atoms with van der Waals surface area (Å²) >= 11 is 0. The van der Waals surface area contributed by atoms with Gasteiger partial charge >= 0.3 is 6.03 Å². The molecule has 1 N–H and O–H groups in total. The number of Topliss-reactive ketones (excluding diaryl/α,β-unsaturated/α-hetero) is 1. The Bertz CT molecular complexity index is 996. The Morgan fingerprint density at radius 3 is 2.53 bits per heavy atom. The second kappa shape index (κ2) is 7.42. The topological polar surface area (TPSA) is 76.5 Å². The van der Waals surface area contributed by atoms with Gasteiger partial charge in [0.2, 0.25) is 0 Å². The van der Waals surface area contributed by atoms with E-state index in [9.17, 15) is 22.8 Å². The van der Waals surface area contributed by atoms with Crippen LogP contribution in [0, 0.1) is 22.9 Å². The molecule has 1 aromatic heterocycles. The first-order valence-electron chi connectivity index (χ1n) is 9.54. The number of ketones is 1. The number of hydrogen-bond acceptors (Lipinski definition) is 4. The van der Waals surface area contributed by atoms with Gasteiger partial charge in [0, 0.05) is 42.2 Å². The third-order valence-corrected chi connectivity index (χ3v) is 5.51. The molecule has 1 fully saturated rings. The zero-order chi connectivity index (χ0) is 21.6. The van der Waals surface area contributed by atoms with Gasteiger partial charge in [0.05, 0.1) is 31.8 Å². The van der Waals surface area contributed by atoms with Crippen LogP contribution >= 0.6 is 0 Å². The summed E-state index contributed by atoms with van der Waals surface area (Å²) in [7, 11) is 0. The summed E-state index contributed by atoms with van der Waals surface area (Å²) in [6.45, 7) is 5.33. The van der Waals surface area contributed by atoms with Crippen molar-refractivity contribution >= 4 is 17.5 Å². The predicted molar refractivity (Wildman–Crippen MR) is 100 cm³/mol. The molecule has 0 unspecified atom stereocenters. The second-order valence-corrected chi connectivity index (χ2v) is 8.26. The maximum atomic E-state index is 13.4. The molecule has 0 spiro atoms. The highest BCUT2D eigenvalue weighted by Gasteiger charge is 2.38. The molecule has 30 heavy (non-hydrogen) atoms. The fraction of sp³-hybridized carbons (Fsp3) is 0.450. The molecule has 0 bridgehead atoms. The number of fused-ring (bicyclic) bond motifs is 1. The first-order valence-corrected chi connectivity index (χ1v) is 9.54. The smallest absolute Gasteiger partial charge is 0.322 e. The zero-order valence-electron chi connectivity index (χ0n) is 16.5. The maximum Gasteiger partial charge on any atom is 0.322 e. The van der Waals surface area contributed by atoms with Gasteiger partial charge in [0.15, 0.2) is 23.2 Å². The number of nitrogens with one attached hydrogen (secondary N) is 1. The van der Waals surface area contributed by atoms with Crippen LogP contribution in [0.3, 0.4) is 0 Å². The number of aromatic nitrogens is 2. The quantitative estimate of drug-likeness (QED) is 0.606. The van der Waals surface area contributed by atoms with Gasteiger partial charge in [-0.15, -0.1) is 0 Å². The number of carbonyl (C=O) groups excluding carboxylic acids is 2. The second-order valence-electron chi connectivity index (χ2n) is 8.26. The Hall–Kier alpha value is -2.88. The van der Waals surface area contributed by atoms with Crippen molar-refractivity contribution in [2.45, 2.75) is 39.4 Å². The van der Waals surface area contributed by atoms with Crippen LogP contribution in [0.4, 0.5) is 23.7 Å². The highest BCUT2D eigenvalue weighted by atomic mass is 19.2. The van der Waals surface area contributed by atoms with Crippen molar-refractivity contribution in [3.63, 3.8) is 0 Å². The molecule has 2 aliphatic heterocycles. The molecule has 2 aromatic rings. The molecule has 4 rings (SSSR count). The monoisotopic (exact) mass is 422 g/mol. The molecule has 0 saturated carbocycles. The summed E-state index contributed by atoms with van der Waals surface area (Å²) in [6.07, 6.45) is 1.88. The molecule has 10 heteroatoms. The minimum atomic E-state index is -1.60. The van der Waals surface area contributed by atoms with Crippen molar-refractivity contribution in [2.75, 3.05) is 18.5 Å². The number of amides is 2. The van der Waals surface area contributed by atoms with E-state index in [0.717, 1.165) is 0 Å². The van der Waals surface area contributed by atoms with Gasteiger partial charge in [-0.1, -0.05) is 6.92 Å². The Labute approximate surface area is 170 Å². The van der Waals surface area contributed by atoms with E-state index in [1.165, 1.54) is 4.90 Å². The molecule has 1 aromatic carbocycles. The van der Waals surface area contributed by atoms with E-state index in [1.54, 1.807) is 6.33 Å². The lowest BCUT2D eigenvalue weighted by Gasteiger charge is -2.37. The third kappa shape index (κ3) is 3.67. The maximum absolute atomic E-state index is 13.4. The van der Waals surface area contributed by atoms with Crippen molar-refractivity contribution in [3.05, 3.63) is 47.3 Å². The highest BCUT2D eigenvalue weighted by Crippen LogP contribution is 2.33. The minimum Gasteiger partial charge on any atom is -0.380 e. The molecule has 2 amide bonds. The summed E-state index contributed by atoms with van der Waals surface area (Å²) in [5.41, 5.74) is 0.515. The van der Waals surface area contributed by atoms with E-state index in [2.05, 4.69) is 10.3 Å². The number of halogens is 3. The molecule has 2 aliphatic rings. The van der Waals surface area contributed by atoms with E-state index in [-0.39, 0.29) is 29.5 Å². The summed E-state index contributed by atoms with van der Waals surface area (Å²) < 4.78 is 47.0. The lowest BCUT2D eigenvalue weighted by Crippen LogP contribution is -2.47. The number of imidazole rings is 1. The van der Waals surface area contributed by atoms with Gasteiger partial charge in [-0.2, -0.15) is 0 Å². The Morgan fingerprint density at radius 1 is 1.27 bits per heavy atom. The molecule has 7 nitrogen and oxygen atoms in total. The standard InChI is InChI=1S/C20H21F3N4O3/c1-11-6-26-10-24-18(16(28)5-20(2)8-30-9-20)15(26)7-27(11)19(29)25-12-3-13(21)17(23)14(22)4-12/h3-4,10-11H,5-9H2,1-2H3,(H,25,29)/t11-/m1/s1. The number of carbonyl (C=O) groups is 2. The number of ether oxygens (including phenoxy) is 1. The van der Waals surface area contributed by atoms with Crippen LogP contribution in [0.25, 0.3) is 0 Å². The number of nitrogens with zero attached hydrogens (tertiary/aromatic N) is 3. The van der Waals surface area contributed by atoms with Crippen LogP contribution in [-0.4, -0.2) is 45.5 Å². The summed E-state index contributed by atoms with van der Waals surface area (Å²) in [4.78, 5) is 31.2. The molecular weight excluding hydrogens is 401 g/mol. The van der Waals surface area contributed by atoms with Crippen molar-refractivity contribution in [1.29, 1.82) is 0 Å². The first-order chi connectivity index (χ1) is 14.2. The molecule has 1 atom stereocenters. The van der Waals surface area contributed by atoms with Crippen LogP contribution in [0.2, 0.25) is 0 Å². The van der Waals surface area contributed by atoms with Crippen LogP contribution < -0.4 is 5.32 Å². The Balaban J connectivity index is 1.52. The lowest BCUT2D eigenvalue weighted by atomic mass is 9.82. The average Bonchev–Trinajstić information content (AvgIpc) is 3.06. The van der Waals surface area contributed by atoms with Crippen molar-refractivity contribution in [2.24, 2.45) is 5.41 Å². The lowest BCUT2D eigenvalue weighted by molar-refractivity contribution is -0.0997. The summed E-state index contributed by atoms with van der Waals surface area (Å²) in [5.74, 6) is -4.50. The third-order valence-electron chi connectivity index (χ3n) is 5.51. The van der Waals surface area contributed by atoms with Gasteiger partial charge < -0.3 is 19.5 Å². The van der Waals surface area contributed by atoms with Crippen molar-refractivity contribution in [1.82, 2.24) is 14.5 Å². The number of urea groups is 1. The Morgan fingerprint density at radius 2 is 1.93 bits per heavy atom.